The maximum Gasteiger partial charge on any atom is 0.258 e. The number of nitrogens with zero attached hydrogens (tertiary/aromatic N) is 3. The molecule has 1 aromatic carbocycles. The average Bonchev–Trinajstić information content (AvgIpc) is 3.16. The molecule has 1 N–H and O–H groups in total. The smallest absolute Gasteiger partial charge is 0.258 e. The first-order valence-corrected chi connectivity index (χ1v) is 11.0. The number of fused-ring (bicyclic) bond motifs is 1. The van der Waals surface area contributed by atoms with Crippen molar-refractivity contribution in [2.75, 3.05) is 5.32 Å². The van der Waals surface area contributed by atoms with Gasteiger partial charge in [0, 0.05) is 17.0 Å². The number of carbonyl (C=O) groups is 1. The molecule has 28 heavy (non-hydrogen) atoms. The third kappa shape index (κ3) is 2.58. The molecular formula is C22H22N4OS. The lowest BCUT2D eigenvalue weighted by molar-refractivity contribution is -0.00555. The minimum absolute atomic E-state index is 0.146. The van der Waals surface area contributed by atoms with Gasteiger partial charge in [-0.15, -0.1) is 10.2 Å². The predicted octanol–water partition coefficient (Wildman–Crippen LogP) is 4.81. The third-order valence-corrected chi connectivity index (χ3v) is 8.12. The first-order valence-electron chi connectivity index (χ1n) is 10.2. The lowest BCUT2D eigenvalue weighted by atomic mass is 9.50. The Bertz CT molecular complexity index is 1030. The van der Waals surface area contributed by atoms with Crippen LogP contribution in [0.15, 0.2) is 36.5 Å². The van der Waals surface area contributed by atoms with Crippen molar-refractivity contribution < 1.29 is 4.79 Å². The van der Waals surface area contributed by atoms with Crippen LogP contribution in [-0.2, 0) is 5.41 Å². The minimum atomic E-state index is -0.146. The number of nitrogens with one attached hydrogen (secondary N) is 1. The lowest BCUT2D eigenvalue weighted by Gasteiger charge is -2.55. The van der Waals surface area contributed by atoms with Crippen LogP contribution in [0.1, 0.15) is 53.9 Å². The molecule has 3 aromatic rings. The van der Waals surface area contributed by atoms with Crippen LogP contribution < -0.4 is 5.32 Å². The van der Waals surface area contributed by atoms with Gasteiger partial charge in [-0.2, -0.15) is 0 Å². The molecule has 0 unspecified atom stereocenters. The average molecular weight is 391 g/mol. The van der Waals surface area contributed by atoms with Gasteiger partial charge in [0.2, 0.25) is 5.13 Å². The van der Waals surface area contributed by atoms with Gasteiger partial charge in [0.15, 0.2) is 0 Å². The first-order chi connectivity index (χ1) is 13.7. The van der Waals surface area contributed by atoms with Crippen LogP contribution in [-0.4, -0.2) is 21.1 Å². The summed E-state index contributed by atoms with van der Waals surface area (Å²) in [7, 11) is 0. The summed E-state index contributed by atoms with van der Waals surface area (Å²) in [5, 5.41) is 14.5. The fraction of sp³-hybridized carbons (Fsp3) is 0.455. The van der Waals surface area contributed by atoms with Crippen molar-refractivity contribution in [3.63, 3.8) is 0 Å². The maximum atomic E-state index is 12.9. The maximum absolute atomic E-state index is 12.9. The number of benzene rings is 1. The summed E-state index contributed by atoms with van der Waals surface area (Å²) in [6.45, 7) is 0. The molecule has 0 radical (unpaired) electrons. The Hall–Kier alpha value is -2.34. The Morgan fingerprint density at radius 1 is 1.00 bits per heavy atom. The number of para-hydroxylation sites is 1. The van der Waals surface area contributed by atoms with Crippen LogP contribution in [0.25, 0.3) is 10.9 Å². The quantitative estimate of drug-likeness (QED) is 0.697. The molecule has 0 aliphatic heterocycles. The van der Waals surface area contributed by atoms with Crippen molar-refractivity contribution in [1.29, 1.82) is 0 Å². The van der Waals surface area contributed by atoms with Crippen molar-refractivity contribution in [3.8, 4) is 0 Å². The number of hydrogen-bond donors (Lipinski definition) is 1. The molecule has 7 rings (SSSR count). The number of hydrogen-bond acceptors (Lipinski definition) is 5. The Kier molecular flexibility index (Phi) is 3.60. The second kappa shape index (κ2) is 6.08. The van der Waals surface area contributed by atoms with E-state index in [1.54, 1.807) is 23.6 Å². The Labute approximate surface area is 167 Å². The van der Waals surface area contributed by atoms with Crippen LogP contribution in [0.2, 0.25) is 0 Å². The Morgan fingerprint density at radius 2 is 1.71 bits per heavy atom. The van der Waals surface area contributed by atoms with Gasteiger partial charge < -0.3 is 0 Å². The van der Waals surface area contributed by atoms with E-state index in [-0.39, 0.29) is 11.3 Å². The van der Waals surface area contributed by atoms with Gasteiger partial charge in [0.05, 0.1) is 11.1 Å². The summed E-state index contributed by atoms with van der Waals surface area (Å²) in [6.07, 6.45) is 9.70. The topological polar surface area (TPSA) is 67.8 Å². The van der Waals surface area contributed by atoms with Gasteiger partial charge in [0.1, 0.15) is 5.01 Å². The third-order valence-electron chi connectivity index (χ3n) is 7.03. The van der Waals surface area contributed by atoms with Crippen molar-refractivity contribution >= 4 is 33.3 Å². The second-order valence-electron chi connectivity index (χ2n) is 8.94. The monoisotopic (exact) mass is 390 g/mol. The van der Waals surface area contributed by atoms with E-state index in [9.17, 15) is 4.79 Å². The molecule has 6 heteroatoms. The fourth-order valence-corrected chi connectivity index (χ4v) is 7.28. The van der Waals surface area contributed by atoms with Crippen LogP contribution in [0.3, 0.4) is 0 Å². The lowest BCUT2D eigenvalue weighted by Crippen LogP contribution is -2.48. The highest BCUT2D eigenvalue weighted by Crippen LogP contribution is 2.61. The first kappa shape index (κ1) is 16.6. The molecule has 5 nitrogen and oxygen atoms in total. The summed E-state index contributed by atoms with van der Waals surface area (Å²) in [6, 6.07) is 9.47. The highest BCUT2D eigenvalue weighted by molar-refractivity contribution is 7.15. The molecule has 1 amide bonds. The van der Waals surface area contributed by atoms with E-state index in [0.29, 0.717) is 10.7 Å². The summed E-state index contributed by atoms with van der Waals surface area (Å²) in [5.74, 6) is 2.47. The fourth-order valence-electron chi connectivity index (χ4n) is 6.32. The van der Waals surface area contributed by atoms with Crippen molar-refractivity contribution in [3.05, 3.63) is 47.1 Å². The molecule has 4 saturated carbocycles. The van der Waals surface area contributed by atoms with Crippen molar-refractivity contribution in [1.82, 2.24) is 15.2 Å². The highest BCUT2D eigenvalue weighted by atomic mass is 32.1. The van der Waals surface area contributed by atoms with E-state index in [4.69, 9.17) is 0 Å². The van der Waals surface area contributed by atoms with Crippen LogP contribution in [0, 0.1) is 17.8 Å². The van der Waals surface area contributed by atoms with Crippen molar-refractivity contribution in [2.45, 2.75) is 43.9 Å². The zero-order chi connectivity index (χ0) is 18.7. The highest BCUT2D eigenvalue weighted by Gasteiger charge is 2.53. The number of rotatable bonds is 3. The van der Waals surface area contributed by atoms with Crippen LogP contribution in [0.5, 0.6) is 0 Å². The van der Waals surface area contributed by atoms with E-state index >= 15 is 0 Å². The number of amides is 1. The normalized spacial score (nSPS) is 30.6. The van der Waals surface area contributed by atoms with Crippen LogP contribution >= 0.6 is 11.3 Å². The molecule has 142 valence electrons. The van der Waals surface area contributed by atoms with E-state index in [1.807, 2.05) is 24.3 Å². The van der Waals surface area contributed by atoms with Gasteiger partial charge in [-0.25, -0.2) is 0 Å². The van der Waals surface area contributed by atoms with Gasteiger partial charge in [-0.1, -0.05) is 29.5 Å². The molecule has 4 aliphatic rings. The molecule has 0 spiro atoms. The van der Waals surface area contributed by atoms with E-state index < -0.39 is 0 Å². The Morgan fingerprint density at radius 3 is 2.46 bits per heavy atom. The minimum Gasteiger partial charge on any atom is -0.296 e. The molecular weight excluding hydrogens is 368 g/mol. The largest absolute Gasteiger partial charge is 0.296 e. The van der Waals surface area contributed by atoms with Gasteiger partial charge in [-0.3, -0.25) is 15.1 Å². The summed E-state index contributed by atoms with van der Waals surface area (Å²) >= 11 is 1.58. The van der Waals surface area contributed by atoms with E-state index in [2.05, 4.69) is 20.5 Å². The van der Waals surface area contributed by atoms with Gasteiger partial charge in [0.25, 0.3) is 5.91 Å². The summed E-state index contributed by atoms with van der Waals surface area (Å²) < 4.78 is 0. The number of anilines is 1. The van der Waals surface area contributed by atoms with Gasteiger partial charge in [-0.05, 0) is 68.4 Å². The number of pyridine rings is 1. The standard InChI is InChI=1S/C22H22N4OS/c27-19(17-5-6-23-18-4-2-1-3-16(17)18)24-21-26-25-20(28-21)22-10-13-7-14(11-22)9-15(8-13)12-22/h1-6,13-15H,7-12H2,(H,24,26,27). The van der Waals surface area contributed by atoms with Crippen LogP contribution in [0.4, 0.5) is 5.13 Å². The van der Waals surface area contributed by atoms with E-state index in [1.165, 1.54) is 38.5 Å². The Balaban J connectivity index is 1.27. The summed E-state index contributed by atoms with van der Waals surface area (Å²) in [5.41, 5.74) is 1.66. The molecule has 4 aliphatic carbocycles. The number of aromatic nitrogens is 3. The molecule has 0 saturated heterocycles. The molecule has 2 aromatic heterocycles. The molecule has 4 fully saturated rings. The molecule has 0 atom stereocenters. The molecule has 4 bridgehead atoms. The summed E-state index contributed by atoms with van der Waals surface area (Å²) in [4.78, 5) is 17.2. The van der Waals surface area contributed by atoms with Gasteiger partial charge >= 0.3 is 0 Å². The van der Waals surface area contributed by atoms with Crippen molar-refractivity contribution in [2.24, 2.45) is 17.8 Å². The molecule has 2 heterocycles. The number of carbonyl (C=O) groups excluding carboxylic acids is 1. The SMILES string of the molecule is O=C(Nc1nnc(C23CC4CC(CC(C4)C2)C3)s1)c1ccnc2ccccc12. The zero-order valence-electron chi connectivity index (χ0n) is 15.6. The second-order valence-corrected chi connectivity index (χ2v) is 9.92. The predicted molar refractivity (Wildman–Crippen MR) is 109 cm³/mol. The zero-order valence-corrected chi connectivity index (χ0v) is 16.4. The van der Waals surface area contributed by atoms with E-state index in [0.717, 1.165) is 33.7 Å².